The summed E-state index contributed by atoms with van der Waals surface area (Å²) < 4.78 is 79.9. The molecular weight excluding hydrogens is 987 g/mol. The van der Waals surface area contributed by atoms with E-state index in [0.29, 0.717) is 0 Å². The van der Waals surface area contributed by atoms with Crippen molar-refractivity contribution in [2.24, 2.45) is 47.3 Å². The minimum absolute atomic E-state index is 0.0840. The van der Waals surface area contributed by atoms with Crippen LogP contribution in [0.15, 0.2) is 23.8 Å². The normalized spacial score (nSPS) is 28.4. The van der Waals surface area contributed by atoms with Crippen molar-refractivity contribution in [2.45, 2.75) is 191 Å². The number of carbonyl (C=O) groups excluding carboxylic acids is 8. The Morgan fingerprint density at radius 1 is 0.467 bits per heavy atom. The fourth-order valence-electron chi connectivity index (χ4n) is 7.12. The molecule has 1 aliphatic carbocycles. The third kappa shape index (κ3) is 17.8. The summed E-state index contributed by atoms with van der Waals surface area (Å²) >= 11 is 0. The summed E-state index contributed by atoms with van der Waals surface area (Å²) in [5, 5.41) is 10.2. The van der Waals surface area contributed by atoms with Crippen molar-refractivity contribution in [3.05, 3.63) is 23.8 Å². The Morgan fingerprint density at radius 3 is 1.08 bits per heavy atom. The average Bonchev–Trinajstić information content (AvgIpc) is 3.33. The minimum Gasteiger partial charge on any atom is -0.463 e. The summed E-state index contributed by atoms with van der Waals surface area (Å²) in [5.74, 6) is -12.0. The highest BCUT2D eigenvalue weighted by Crippen LogP contribution is 2.38. The lowest BCUT2D eigenvalue weighted by Gasteiger charge is -2.48. The van der Waals surface area contributed by atoms with Crippen LogP contribution in [-0.2, 0) is 99.9 Å². The number of hydrogen-bond acceptors (Lipinski definition) is 22. The van der Waals surface area contributed by atoms with Gasteiger partial charge in [-0.15, -0.1) is 0 Å². The molecule has 3 aliphatic rings. The molecule has 22 nitrogen and oxygen atoms in total. The Kier molecular flexibility index (Phi) is 24.8. The zero-order chi connectivity index (χ0) is 56.8. The summed E-state index contributed by atoms with van der Waals surface area (Å²) in [4.78, 5) is 108. The van der Waals surface area contributed by atoms with Crippen LogP contribution < -0.4 is 0 Å². The van der Waals surface area contributed by atoms with E-state index in [0.717, 1.165) is 6.08 Å². The van der Waals surface area contributed by atoms with Gasteiger partial charge in [-0.2, -0.15) is 5.26 Å². The first-order valence-corrected chi connectivity index (χ1v) is 25.5. The van der Waals surface area contributed by atoms with Gasteiger partial charge in [0.05, 0.1) is 53.4 Å². The molecule has 0 aromatic heterocycles. The molecule has 0 aromatic carbocycles. The van der Waals surface area contributed by atoms with Gasteiger partial charge >= 0.3 is 47.8 Å². The Labute approximate surface area is 439 Å². The first-order valence-electron chi connectivity index (χ1n) is 25.5. The zero-order valence-electron chi connectivity index (χ0n) is 46.3. The largest absolute Gasteiger partial charge is 0.463 e. The maximum atomic E-state index is 13.7. The van der Waals surface area contributed by atoms with E-state index >= 15 is 0 Å². The Hall–Kier alpha value is -5.47. The van der Waals surface area contributed by atoms with Crippen LogP contribution >= 0.6 is 0 Å². The van der Waals surface area contributed by atoms with Crippen LogP contribution in [0.4, 0.5) is 0 Å². The molecule has 2 aliphatic heterocycles. The second-order valence-corrected chi connectivity index (χ2v) is 21.0. The first kappa shape index (κ1) is 63.8. The van der Waals surface area contributed by atoms with E-state index in [9.17, 15) is 43.6 Å². The van der Waals surface area contributed by atoms with Crippen molar-refractivity contribution < 1.29 is 99.9 Å². The van der Waals surface area contributed by atoms with Gasteiger partial charge in [0.2, 0.25) is 0 Å². The summed E-state index contributed by atoms with van der Waals surface area (Å²) in [6, 6.07) is 1.97. The second kappa shape index (κ2) is 29.2. The quantitative estimate of drug-likeness (QED) is 0.0735. The number of esters is 8. The Morgan fingerprint density at radius 2 is 0.773 bits per heavy atom. The zero-order valence-corrected chi connectivity index (χ0v) is 46.3. The molecule has 0 bridgehead atoms. The third-order valence-electron chi connectivity index (χ3n) is 11.8. The van der Waals surface area contributed by atoms with E-state index in [2.05, 4.69) is 0 Å². The van der Waals surface area contributed by atoms with Crippen molar-refractivity contribution in [3.63, 3.8) is 0 Å². The maximum Gasteiger partial charge on any atom is 0.308 e. The van der Waals surface area contributed by atoms with Gasteiger partial charge < -0.3 is 61.6 Å². The van der Waals surface area contributed by atoms with Gasteiger partial charge in [0.1, 0.15) is 43.7 Å². The Bertz CT molecular complexity index is 2090. The highest BCUT2D eigenvalue weighted by molar-refractivity contribution is 5.75. The lowest BCUT2D eigenvalue weighted by atomic mass is 9.91. The number of rotatable bonds is 23. The first-order chi connectivity index (χ1) is 35.0. The predicted molar refractivity (Wildman–Crippen MR) is 261 cm³/mol. The molecule has 75 heavy (non-hydrogen) atoms. The third-order valence-corrected chi connectivity index (χ3v) is 11.8. The molecule has 422 valence electrons. The van der Waals surface area contributed by atoms with Crippen LogP contribution in [0.5, 0.6) is 0 Å². The fraction of sp³-hybridized carbons (Fsp3) is 0.755. The molecule has 0 amide bonds. The summed E-state index contributed by atoms with van der Waals surface area (Å²) in [7, 11) is 1.32. The number of carbonyl (C=O) groups is 8. The summed E-state index contributed by atoms with van der Waals surface area (Å²) in [5.41, 5.74) is 0.0840. The predicted octanol–water partition coefficient (Wildman–Crippen LogP) is 5.05. The van der Waals surface area contributed by atoms with E-state index in [1.165, 1.54) is 33.1 Å². The van der Waals surface area contributed by atoms with Crippen LogP contribution in [0.3, 0.4) is 0 Å². The van der Waals surface area contributed by atoms with Crippen LogP contribution in [0.2, 0.25) is 0 Å². The van der Waals surface area contributed by atoms with E-state index in [1.54, 1.807) is 96.9 Å². The van der Waals surface area contributed by atoms with Gasteiger partial charge in [0, 0.05) is 13.2 Å². The maximum absolute atomic E-state index is 13.7. The second-order valence-electron chi connectivity index (χ2n) is 21.0. The molecule has 0 saturated carbocycles. The molecule has 0 unspecified atom stereocenters. The SMILES string of the molecule is CO[C@@H]1C=C/C(=C\C#N)[C@H](O[C@@H]2O[C@H](COC(=O)C(C)C)[C@@H](OC(=O)C(C)C)[C@H](OC(=O)C(C)C)[C@H]2OC(=O)C(C)C)[C@@H]1O[C@@H]1O[C@H](COC(=O)C(C)C)[C@@H](OC(=O)C(C)C)[C@H](OC(=O)C(C)C)[C@H]1OC(=O)C(C)C. The molecule has 2 saturated heterocycles. The van der Waals surface area contributed by atoms with Crippen molar-refractivity contribution in [3.8, 4) is 6.07 Å². The molecule has 22 heteroatoms. The van der Waals surface area contributed by atoms with Crippen molar-refractivity contribution in [1.82, 2.24) is 0 Å². The van der Waals surface area contributed by atoms with Gasteiger partial charge in [-0.3, -0.25) is 38.4 Å². The van der Waals surface area contributed by atoms with E-state index in [4.69, 9.17) is 61.6 Å². The lowest BCUT2D eigenvalue weighted by molar-refractivity contribution is -0.346. The molecular formula is C53H79NO21. The topological polar surface area (TPSA) is 280 Å². The van der Waals surface area contributed by atoms with Gasteiger partial charge in [-0.1, -0.05) is 123 Å². The Balaban J connectivity index is 2.41. The molecule has 3 rings (SSSR count). The van der Waals surface area contributed by atoms with Gasteiger partial charge in [-0.05, 0) is 5.57 Å². The number of allylic oxidation sites excluding steroid dienone is 1. The van der Waals surface area contributed by atoms with Crippen LogP contribution in [-0.4, -0.2) is 148 Å². The smallest absolute Gasteiger partial charge is 0.308 e. The number of ether oxygens (including phenoxy) is 13. The lowest BCUT2D eigenvalue weighted by Crippen LogP contribution is -2.66. The molecule has 0 radical (unpaired) electrons. The van der Waals surface area contributed by atoms with E-state index < -0.39 is 188 Å². The van der Waals surface area contributed by atoms with Crippen LogP contribution in [0.1, 0.15) is 111 Å². The van der Waals surface area contributed by atoms with Gasteiger partial charge in [-0.25, -0.2) is 0 Å². The van der Waals surface area contributed by atoms with Crippen molar-refractivity contribution >= 4 is 47.8 Å². The van der Waals surface area contributed by atoms with E-state index in [-0.39, 0.29) is 5.57 Å². The van der Waals surface area contributed by atoms with Gasteiger partial charge in [0.25, 0.3) is 0 Å². The van der Waals surface area contributed by atoms with Crippen molar-refractivity contribution in [2.75, 3.05) is 20.3 Å². The standard InChI is InChI=1S/C53H79NO21/c1-24(2)44(55)64-22-34-38(68-46(57)26(5)6)40(70-48(59)28(9)10)42(72-50(61)30(13)14)52(66-34)74-36-32(20-21-54)18-19-33(63-17)37(36)75-53-43(73-51(62)31(15)16)41(71-49(60)29(11)12)39(69-47(58)27(7)8)35(67-53)23-65-45(56)25(3)4/h18-20,24-31,33-43,52-53H,22-23H2,1-17H3/b32-20+/t33-,34-,35-,36+,37-,38-,39-,40+,41+,42-,43-,52+,53+/m1/s1. The molecule has 2 heterocycles. The average molecular weight is 1070 g/mol. The molecule has 2 fully saturated rings. The van der Waals surface area contributed by atoms with Gasteiger partial charge in [0.15, 0.2) is 49.2 Å². The fourth-order valence-corrected chi connectivity index (χ4v) is 7.12. The molecule has 13 atom stereocenters. The highest BCUT2D eigenvalue weighted by atomic mass is 16.8. The number of nitrogens with zero attached hydrogens (tertiary/aromatic N) is 1. The van der Waals surface area contributed by atoms with E-state index in [1.807, 2.05) is 6.07 Å². The molecule has 0 N–H and O–H groups in total. The monoisotopic (exact) mass is 1070 g/mol. The number of nitriles is 1. The highest BCUT2D eigenvalue weighted by Gasteiger charge is 2.58. The summed E-state index contributed by atoms with van der Waals surface area (Å²) in [6.45, 7) is 23.8. The van der Waals surface area contributed by atoms with Crippen molar-refractivity contribution in [1.29, 1.82) is 5.26 Å². The molecule has 0 spiro atoms. The summed E-state index contributed by atoms with van der Waals surface area (Å²) in [6.07, 6.45) is -16.8. The minimum atomic E-state index is -1.85. The van der Waals surface area contributed by atoms with Crippen LogP contribution in [0, 0.1) is 58.7 Å². The molecule has 0 aromatic rings. The van der Waals surface area contributed by atoms with Crippen LogP contribution in [0.25, 0.3) is 0 Å². The number of methoxy groups -OCH3 is 1. The number of hydrogen-bond donors (Lipinski definition) is 0.